The van der Waals surface area contributed by atoms with Gasteiger partial charge in [-0.05, 0) is 35.7 Å². The number of nitrogens with zero attached hydrogens (tertiary/aromatic N) is 2. The van der Waals surface area contributed by atoms with Crippen LogP contribution >= 0.6 is 0 Å². The van der Waals surface area contributed by atoms with Crippen LogP contribution in [0, 0.1) is 0 Å². The number of para-hydroxylation sites is 1. The van der Waals surface area contributed by atoms with Crippen molar-refractivity contribution >= 4 is 16.9 Å². The number of hydrogen-bond acceptors (Lipinski definition) is 3. The lowest BCUT2D eigenvalue weighted by atomic mass is 10.1. The van der Waals surface area contributed by atoms with Crippen LogP contribution in [-0.4, -0.2) is 60.6 Å². The molecule has 2 amide bonds. The van der Waals surface area contributed by atoms with Crippen LogP contribution in [-0.2, 0) is 13.0 Å². The summed E-state index contributed by atoms with van der Waals surface area (Å²) in [6, 6.07) is 16.5. The van der Waals surface area contributed by atoms with E-state index in [-0.39, 0.29) is 6.03 Å². The van der Waals surface area contributed by atoms with Crippen LogP contribution in [0.3, 0.4) is 0 Å². The van der Waals surface area contributed by atoms with Gasteiger partial charge in [0.15, 0.2) is 0 Å². The lowest BCUT2D eigenvalue weighted by molar-refractivity contribution is 0.135. The van der Waals surface area contributed by atoms with E-state index in [1.807, 2.05) is 35.4 Å². The van der Waals surface area contributed by atoms with E-state index in [1.165, 1.54) is 16.5 Å². The first-order chi connectivity index (χ1) is 14.2. The second kappa shape index (κ2) is 9.01. The Balaban J connectivity index is 1.20. The fraction of sp³-hybridized carbons (Fsp3) is 0.348. The molecular weight excluding hydrogens is 364 g/mol. The number of ether oxygens (including phenoxy) is 1. The third-order valence-electron chi connectivity index (χ3n) is 5.57. The van der Waals surface area contributed by atoms with Gasteiger partial charge in [0, 0.05) is 56.4 Å². The molecule has 1 aliphatic rings. The number of benzene rings is 2. The number of H-pyrrole nitrogens is 1. The smallest absolute Gasteiger partial charge is 0.317 e. The molecule has 152 valence electrons. The van der Waals surface area contributed by atoms with Gasteiger partial charge < -0.3 is 19.9 Å². The highest BCUT2D eigenvalue weighted by Gasteiger charge is 2.20. The maximum Gasteiger partial charge on any atom is 0.317 e. The van der Waals surface area contributed by atoms with Crippen LogP contribution in [0.1, 0.15) is 11.1 Å². The zero-order valence-electron chi connectivity index (χ0n) is 16.9. The van der Waals surface area contributed by atoms with Crippen LogP contribution in [0.15, 0.2) is 54.7 Å². The Labute approximate surface area is 171 Å². The molecule has 0 spiro atoms. The van der Waals surface area contributed by atoms with Gasteiger partial charge in [0.2, 0.25) is 0 Å². The Morgan fingerprint density at radius 2 is 1.83 bits per heavy atom. The number of aromatic amines is 1. The van der Waals surface area contributed by atoms with Crippen LogP contribution < -0.4 is 10.1 Å². The van der Waals surface area contributed by atoms with Gasteiger partial charge >= 0.3 is 6.03 Å². The highest BCUT2D eigenvalue weighted by molar-refractivity contribution is 5.83. The minimum absolute atomic E-state index is 0.0361. The maximum absolute atomic E-state index is 12.5. The minimum Gasteiger partial charge on any atom is -0.497 e. The molecule has 4 rings (SSSR count). The Morgan fingerprint density at radius 3 is 2.59 bits per heavy atom. The first kappa shape index (κ1) is 19.3. The molecule has 29 heavy (non-hydrogen) atoms. The fourth-order valence-corrected chi connectivity index (χ4v) is 3.85. The van der Waals surface area contributed by atoms with Crippen molar-refractivity contribution in [2.45, 2.75) is 13.0 Å². The standard InChI is InChI=1S/C23H28N4O2/c1-29-20-8-6-18(7-9-20)17-26-12-14-27(15-13-26)23(28)24-11-10-19-16-25-22-5-3-2-4-21(19)22/h2-9,16,25H,10-15,17H2,1H3,(H,24,28). The zero-order valence-corrected chi connectivity index (χ0v) is 16.9. The Kier molecular flexibility index (Phi) is 6.00. The number of nitrogens with one attached hydrogen (secondary N) is 2. The van der Waals surface area contributed by atoms with Gasteiger partial charge in [-0.15, -0.1) is 0 Å². The number of aromatic nitrogens is 1. The van der Waals surface area contributed by atoms with Gasteiger partial charge in [-0.2, -0.15) is 0 Å². The Morgan fingerprint density at radius 1 is 1.07 bits per heavy atom. The Hall–Kier alpha value is -2.99. The van der Waals surface area contributed by atoms with E-state index in [0.29, 0.717) is 6.54 Å². The fourth-order valence-electron chi connectivity index (χ4n) is 3.85. The first-order valence-electron chi connectivity index (χ1n) is 10.2. The van der Waals surface area contributed by atoms with Crippen molar-refractivity contribution < 1.29 is 9.53 Å². The van der Waals surface area contributed by atoms with E-state index in [4.69, 9.17) is 4.74 Å². The predicted molar refractivity (Wildman–Crippen MR) is 115 cm³/mol. The monoisotopic (exact) mass is 392 g/mol. The van der Waals surface area contributed by atoms with E-state index >= 15 is 0 Å². The van der Waals surface area contributed by atoms with E-state index in [1.54, 1.807) is 7.11 Å². The second-order valence-corrected chi connectivity index (χ2v) is 7.45. The first-order valence-corrected chi connectivity index (χ1v) is 10.2. The van der Waals surface area contributed by atoms with Crippen LogP contribution in [0.25, 0.3) is 10.9 Å². The average Bonchev–Trinajstić information content (AvgIpc) is 3.18. The van der Waals surface area contributed by atoms with Crippen LogP contribution in [0.5, 0.6) is 5.75 Å². The number of urea groups is 1. The molecular formula is C23H28N4O2. The zero-order chi connectivity index (χ0) is 20.1. The third kappa shape index (κ3) is 4.71. The number of rotatable bonds is 6. The van der Waals surface area contributed by atoms with Crippen molar-refractivity contribution in [1.82, 2.24) is 20.1 Å². The summed E-state index contributed by atoms with van der Waals surface area (Å²) in [5.74, 6) is 0.878. The number of hydrogen-bond donors (Lipinski definition) is 2. The number of carbonyl (C=O) groups is 1. The average molecular weight is 393 g/mol. The summed E-state index contributed by atoms with van der Waals surface area (Å²) >= 11 is 0. The molecule has 1 saturated heterocycles. The van der Waals surface area contributed by atoms with Crippen molar-refractivity contribution in [3.63, 3.8) is 0 Å². The van der Waals surface area contributed by atoms with Gasteiger partial charge in [-0.1, -0.05) is 30.3 Å². The van der Waals surface area contributed by atoms with Crippen molar-refractivity contribution in [2.24, 2.45) is 0 Å². The number of carbonyl (C=O) groups excluding carboxylic acids is 1. The molecule has 0 radical (unpaired) electrons. The van der Waals surface area contributed by atoms with Gasteiger partial charge in [0.1, 0.15) is 5.75 Å². The van der Waals surface area contributed by atoms with Crippen molar-refractivity contribution in [3.05, 3.63) is 65.9 Å². The summed E-state index contributed by atoms with van der Waals surface area (Å²) in [7, 11) is 1.68. The summed E-state index contributed by atoms with van der Waals surface area (Å²) in [6.45, 7) is 4.85. The molecule has 2 aromatic carbocycles. The van der Waals surface area contributed by atoms with E-state index < -0.39 is 0 Å². The molecule has 0 aliphatic carbocycles. The van der Waals surface area contributed by atoms with Gasteiger partial charge in [-0.25, -0.2) is 4.79 Å². The molecule has 0 saturated carbocycles. The van der Waals surface area contributed by atoms with E-state index in [2.05, 4.69) is 39.5 Å². The normalized spacial score (nSPS) is 14.9. The lowest BCUT2D eigenvalue weighted by Gasteiger charge is -2.34. The van der Waals surface area contributed by atoms with E-state index in [0.717, 1.165) is 50.4 Å². The molecule has 3 aromatic rings. The van der Waals surface area contributed by atoms with Crippen LogP contribution in [0.4, 0.5) is 4.79 Å². The molecule has 1 fully saturated rings. The largest absolute Gasteiger partial charge is 0.497 e. The molecule has 0 atom stereocenters. The van der Waals surface area contributed by atoms with Gasteiger partial charge in [0.25, 0.3) is 0 Å². The summed E-state index contributed by atoms with van der Waals surface area (Å²) < 4.78 is 5.21. The SMILES string of the molecule is COc1ccc(CN2CCN(C(=O)NCCc3c[nH]c4ccccc34)CC2)cc1. The van der Waals surface area contributed by atoms with Gasteiger partial charge in [-0.3, -0.25) is 4.90 Å². The van der Waals surface area contributed by atoms with Crippen molar-refractivity contribution in [1.29, 1.82) is 0 Å². The molecule has 2 heterocycles. The predicted octanol–water partition coefficient (Wildman–Crippen LogP) is 3.25. The van der Waals surface area contributed by atoms with E-state index in [9.17, 15) is 4.79 Å². The molecule has 0 unspecified atom stereocenters. The quantitative estimate of drug-likeness (QED) is 0.677. The molecule has 1 aliphatic heterocycles. The highest BCUT2D eigenvalue weighted by atomic mass is 16.5. The van der Waals surface area contributed by atoms with Crippen LogP contribution in [0.2, 0.25) is 0 Å². The molecule has 2 N–H and O–H groups in total. The minimum atomic E-state index is 0.0361. The Bertz CT molecular complexity index is 943. The second-order valence-electron chi connectivity index (χ2n) is 7.45. The van der Waals surface area contributed by atoms with Crippen molar-refractivity contribution in [2.75, 3.05) is 39.8 Å². The summed E-state index contributed by atoms with van der Waals surface area (Å²) in [5, 5.41) is 4.30. The topological polar surface area (TPSA) is 60.6 Å². The summed E-state index contributed by atoms with van der Waals surface area (Å²) in [6.07, 6.45) is 2.86. The highest BCUT2D eigenvalue weighted by Crippen LogP contribution is 2.18. The number of piperazine rings is 1. The summed E-state index contributed by atoms with van der Waals surface area (Å²) in [5.41, 5.74) is 3.65. The molecule has 6 heteroatoms. The lowest BCUT2D eigenvalue weighted by Crippen LogP contribution is -2.51. The molecule has 6 nitrogen and oxygen atoms in total. The van der Waals surface area contributed by atoms with Crippen molar-refractivity contribution in [3.8, 4) is 5.75 Å². The number of fused-ring (bicyclic) bond motifs is 1. The number of amides is 2. The summed E-state index contributed by atoms with van der Waals surface area (Å²) in [4.78, 5) is 20.1. The number of methoxy groups -OCH3 is 1. The van der Waals surface area contributed by atoms with Gasteiger partial charge in [0.05, 0.1) is 7.11 Å². The third-order valence-corrected chi connectivity index (χ3v) is 5.57. The maximum atomic E-state index is 12.5. The molecule has 1 aromatic heterocycles. The molecule has 0 bridgehead atoms.